The Morgan fingerprint density at radius 2 is 2.03 bits per heavy atom. The summed E-state index contributed by atoms with van der Waals surface area (Å²) in [6, 6.07) is 5.57. The van der Waals surface area contributed by atoms with E-state index in [1.165, 1.54) is 43.1 Å². The van der Waals surface area contributed by atoms with Gasteiger partial charge in [-0.05, 0) is 23.3 Å². The number of carbonyl (C=O) groups excluding carboxylic acids is 2. The smallest absolute Gasteiger partial charge is 0.267 e. The Labute approximate surface area is 187 Å². The van der Waals surface area contributed by atoms with Crippen LogP contribution >= 0.6 is 0 Å². The number of halogens is 1. The van der Waals surface area contributed by atoms with Crippen molar-refractivity contribution in [1.29, 1.82) is 0 Å². The van der Waals surface area contributed by atoms with E-state index in [4.69, 9.17) is 9.84 Å². The molecule has 0 spiro atoms. The quantitative estimate of drug-likeness (QED) is 0.378. The van der Waals surface area contributed by atoms with Crippen molar-refractivity contribution >= 4 is 22.8 Å². The first-order chi connectivity index (χ1) is 15.8. The van der Waals surface area contributed by atoms with Crippen LogP contribution in [0.25, 0.3) is 11.0 Å². The molecule has 2 heterocycles. The molecule has 0 aliphatic rings. The monoisotopic (exact) mass is 458 g/mol. The second-order valence-electron chi connectivity index (χ2n) is 7.17. The number of aliphatic hydroxyl groups is 1. The van der Waals surface area contributed by atoms with E-state index in [2.05, 4.69) is 15.6 Å². The minimum absolute atomic E-state index is 0.0465. The third kappa shape index (κ3) is 5.09. The van der Waals surface area contributed by atoms with Crippen LogP contribution in [0.4, 0.5) is 4.39 Å². The second-order valence-corrected chi connectivity index (χ2v) is 7.17. The van der Waals surface area contributed by atoms with Crippen molar-refractivity contribution in [2.45, 2.75) is 6.42 Å². The SMILES string of the molecule is CNC(=O)COc1cc(F)ccc1Cc1cnc2c(O)c(C(=O)NCCO)c(=O)n(C)c2c1. The maximum atomic E-state index is 13.7. The van der Waals surface area contributed by atoms with E-state index in [0.717, 1.165) is 0 Å². The lowest BCUT2D eigenvalue weighted by molar-refractivity contribution is -0.122. The van der Waals surface area contributed by atoms with Crippen LogP contribution in [0.5, 0.6) is 11.5 Å². The number of pyridine rings is 2. The standard InChI is InChI=1S/C22H23FN4O6/c1-24-17(29)11-33-16-9-14(23)4-3-13(16)7-12-8-15-19(26-10-12)20(30)18(22(32)27(15)2)21(31)25-5-6-28/h3-4,8-10,28,30H,5-7,11H2,1-2H3,(H,24,29)(H,25,31). The van der Waals surface area contributed by atoms with E-state index in [0.29, 0.717) is 11.1 Å². The summed E-state index contributed by atoms with van der Waals surface area (Å²) in [4.78, 5) is 40.7. The van der Waals surface area contributed by atoms with Gasteiger partial charge < -0.3 is 30.2 Å². The zero-order valence-electron chi connectivity index (χ0n) is 18.0. The molecule has 4 N–H and O–H groups in total. The number of hydrogen-bond donors (Lipinski definition) is 4. The minimum atomic E-state index is -0.820. The molecule has 10 nitrogen and oxygen atoms in total. The molecule has 1 aromatic carbocycles. The fraction of sp³-hybridized carbons (Fsp3) is 0.273. The van der Waals surface area contributed by atoms with Crippen molar-refractivity contribution in [3.8, 4) is 11.5 Å². The van der Waals surface area contributed by atoms with Crippen LogP contribution in [-0.4, -0.2) is 58.4 Å². The lowest BCUT2D eigenvalue weighted by atomic mass is 10.0. The number of aromatic nitrogens is 2. The summed E-state index contributed by atoms with van der Waals surface area (Å²) >= 11 is 0. The predicted octanol–water partition coefficient (Wildman–Crippen LogP) is 0.216. The largest absolute Gasteiger partial charge is 0.505 e. The summed E-state index contributed by atoms with van der Waals surface area (Å²) in [5.74, 6) is -2.10. The number of likely N-dealkylation sites (N-methyl/N-ethyl adjacent to an activating group) is 1. The predicted molar refractivity (Wildman–Crippen MR) is 117 cm³/mol. The molecule has 2 amide bonds. The summed E-state index contributed by atoms with van der Waals surface area (Å²) < 4.78 is 20.3. The fourth-order valence-corrected chi connectivity index (χ4v) is 3.23. The zero-order valence-corrected chi connectivity index (χ0v) is 18.0. The Kier molecular flexibility index (Phi) is 7.23. The van der Waals surface area contributed by atoms with Gasteiger partial charge in [0.1, 0.15) is 22.6 Å². The van der Waals surface area contributed by atoms with Crippen LogP contribution in [-0.2, 0) is 18.3 Å². The molecule has 2 aromatic heterocycles. The van der Waals surface area contributed by atoms with Crippen LogP contribution in [0.3, 0.4) is 0 Å². The molecule has 0 atom stereocenters. The highest BCUT2D eigenvalue weighted by Crippen LogP contribution is 2.27. The molecule has 174 valence electrons. The molecule has 33 heavy (non-hydrogen) atoms. The van der Waals surface area contributed by atoms with Gasteiger partial charge in [0.15, 0.2) is 12.4 Å². The van der Waals surface area contributed by atoms with E-state index in [1.807, 2.05) is 0 Å². The number of fused-ring (bicyclic) bond motifs is 1. The van der Waals surface area contributed by atoms with E-state index in [-0.39, 0.29) is 48.9 Å². The van der Waals surface area contributed by atoms with E-state index in [9.17, 15) is 23.9 Å². The minimum Gasteiger partial charge on any atom is -0.505 e. The first-order valence-electron chi connectivity index (χ1n) is 9.98. The van der Waals surface area contributed by atoms with Crippen LogP contribution in [0.2, 0.25) is 0 Å². The number of ether oxygens (including phenoxy) is 1. The Morgan fingerprint density at radius 3 is 2.73 bits per heavy atom. The molecule has 3 aromatic rings. The number of benzene rings is 1. The third-order valence-electron chi connectivity index (χ3n) is 4.95. The first-order valence-corrected chi connectivity index (χ1v) is 9.98. The van der Waals surface area contributed by atoms with Gasteiger partial charge in [0.05, 0.1) is 12.1 Å². The average Bonchev–Trinajstić information content (AvgIpc) is 2.81. The molecule has 0 fully saturated rings. The van der Waals surface area contributed by atoms with Crippen molar-refractivity contribution in [3.05, 3.63) is 63.3 Å². The molecule has 3 rings (SSSR count). The van der Waals surface area contributed by atoms with Gasteiger partial charge in [0.25, 0.3) is 17.4 Å². The number of nitrogens with zero attached hydrogens (tertiary/aromatic N) is 2. The summed E-state index contributed by atoms with van der Waals surface area (Å²) in [5, 5.41) is 24.1. The van der Waals surface area contributed by atoms with Gasteiger partial charge >= 0.3 is 0 Å². The summed E-state index contributed by atoms with van der Waals surface area (Å²) in [7, 11) is 2.90. The Morgan fingerprint density at radius 1 is 1.27 bits per heavy atom. The van der Waals surface area contributed by atoms with E-state index in [1.54, 1.807) is 6.07 Å². The van der Waals surface area contributed by atoms with Gasteiger partial charge in [-0.15, -0.1) is 0 Å². The number of hydrogen-bond acceptors (Lipinski definition) is 7. The van der Waals surface area contributed by atoms with Gasteiger partial charge in [-0.1, -0.05) is 6.07 Å². The highest BCUT2D eigenvalue weighted by atomic mass is 19.1. The van der Waals surface area contributed by atoms with Gasteiger partial charge in [-0.3, -0.25) is 19.4 Å². The summed E-state index contributed by atoms with van der Waals surface area (Å²) in [5.41, 5.74) is 0.322. The van der Waals surface area contributed by atoms with Crippen molar-refractivity contribution in [1.82, 2.24) is 20.2 Å². The number of aliphatic hydroxyl groups excluding tert-OH is 1. The van der Waals surface area contributed by atoms with Crippen molar-refractivity contribution < 1.29 is 28.9 Å². The lowest BCUT2D eigenvalue weighted by Gasteiger charge is -2.14. The molecule has 0 saturated heterocycles. The van der Waals surface area contributed by atoms with Crippen LogP contribution in [0, 0.1) is 5.82 Å². The molecule has 0 unspecified atom stereocenters. The average molecular weight is 458 g/mol. The number of aryl methyl sites for hydroxylation is 1. The lowest BCUT2D eigenvalue weighted by Crippen LogP contribution is -2.34. The van der Waals surface area contributed by atoms with Crippen LogP contribution in [0.1, 0.15) is 21.5 Å². The number of carbonyl (C=O) groups is 2. The van der Waals surface area contributed by atoms with Crippen molar-refractivity contribution in [3.63, 3.8) is 0 Å². The van der Waals surface area contributed by atoms with E-state index >= 15 is 0 Å². The number of nitrogens with one attached hydrogen (secondary N) is 2. The molecule has 0 radical (unpaired) electrons. The van der Waals surface area contributed by atoms with Crippen LogP contribution in [0.15, 0.2) is 35.3 Å². The molecule has 0 aliphatic carbocycles. The molecular formula is C22H23FN4O6. The Hall–Kier alpha value is -3.99. The number of amides is 2. The topological polar surface area (TPSA) is 143 Å². The second kappa shape index (κ2) is 10.1. The summed E-state index contributed by atoms with van der Waals surface area (Å²) in [6.45, 7) is -0.680. The van der Waals surface area contributed by atoms with Gasteiger partial charge in [-0.25, -0.2) is 4.39 Å². The molecular weight excluding hydrogens is 435 g/mol. The molecule has 0 bridgehead atoms. The van der Waals surface area contributed by atoms with Crippen LogP contribution < -0.4 is 20.9 Å². The number of aromatic hydroxyl groups is 1. The normalized spacial score (nSPS) is 10.8. The Balaban J connectivity index is 1.99. The fourth-order valence-electron chi connectivity index (χ4n) is 3.23. The zero-order chi connectivity index (χ0) is 24.1. The number of rotatable bonds is 8. The maximum absolute atomic E-state index is 13.7. The van der Waals surface area contributed by atoms with Gasteiger partial charge in [0.2, 0.25) is 0 Å². The van der Waals surface area contributed by atoms with Crippen molar-refractivity contribution in [2.75, 3.05) is 26.8 Å². The van der Waals surface area contributed by atoms with Gasteiger partial charge in [-0.2, -0.15) is 0 Å². The molecule has 11 heteroatoms. The van der Waals surface area contributed by atoms with E-state index < -0.39 is 28.6 Å². The maximum Gasteiger partial charge on any atom is 0.267 e. The first kappa shape index (κ1) is 23.7. The highest BCUT2D eigenvalue weighted by molar-refractivity contribution is 6.01. The summed E-state index contributed by atoms with van der Waals surface area (Å²) in [6.07, 6.45) is 1.69. The molecule has 0 saturated carbocycles. The Bertz CT molecular complexity index is 1270. The van der Waals surface area contributed by atoms with Gasteiger partial charge in [0, 0.05) is 39.3 Å². The highest BCUT2D eigenvalue weighted by Gasteiger charge is 2.22. The molecule has 0 aliphatic heterocycles. The van der Waals surface area contributed by atoms with Crippen molar-refractivity contribution in [2.24, 2.45) is 7.05 Å². The third-order valence-corrected chi connectivity index (χ3v) is 4.95.